The third kappa shape index (κ3) is 6.24. The summed E-state index contributed by atoms with van der Waals surface area (Å²) in [5.74, 6) is 0.546. The zero-order valence-corrected chi connectivity index (χ0v) is 18.1. The Morgan fingerprint density at radius 1 is 1.12 bits per heavy atom. The van der Waals surface area contributed by atoms with Crippen LogP contribution in [0.1, 0.15) is 11.1 Å². The maximum absolute atomic E-state index is 13.0. The molecule has 0 spiro atoms. The van der Waals surface area contributed by atoms with E-state index in [1.807, 2.05) is 0 Å². The lowest BCUT2D eigenvalue weighted by atomic mass is 10.2. The molecule has 0 aliphatic heterocycles. The number of hydrogen-bond acceptors (Lipinski definition) is 8. The van der Waals surface area contributed by atoms with Gasteiger partial charge in [0.15, 0.2) is 11.5 Å². The first kappa shape index (κ1) is 23.6. The molecule has 3 aromatic carbocycles. The highest BCUT2D eigenvalue weighted by atomic mass is 32.2. The number of rotatable bonds is 9. The Bertz CT molecular complexity index is 1300. The highest BCUT2D eigenvalue weighted by Crippen LogP contribution is 2.29. The summed E-state index contributed by atoms with van der Waals surface area (Å²) < 4.78 is 46.9. The molecule has 172 valence electrons. The molecule has 0 saturated carbocycles. The van der Waals surface area contributed by atoms with E-state index in [2.05, 4.69) is 10.5 Å². The molecular formula is C21H19FN4O6S. The van der Waals surface area contributed by atoms with Gasteiger partial charge in [-0.3, -0.25) is 15.5 Å². The van der Waals surface area contributed by atoms with E-state index >= 15 is 0 Å². The Labute approximate surface area is 188 Å². The van der Waals surface area contributed by atoms with E-state index < -0.39 is 20.6 Å². The van der Waals surface area contributed by atoms with E-state index in [1.165, 1.54) is 31.5 Å². The van der Waals surface area contributed by atoms with Gasteiger partial charge in [0.05, 0.1) is 23.1 Å². The molecule has 0 bridgehead atoms. The summed E-state index contributed by atoms with van der Waals surface area (Å²) in [6.07, 6.45) is 1.39. The molecule has 0 fully saturated rings. The molecule has 0 radical (unpaired) electrons. The minimum Gasteiger partial charge on any atom is -0.493 e. The second kappa shape index (κ2) is 10.1. The van der Waals surface area contributed by atoms with Gasteiger partial charge in [-0.15, -0.1) is 0 Å². The molecule has 0 atom stereocenters. The third-order valence-electron chi connectivity index (χ3n) is 4.39. The van der Waals surface area contributed by atoms with E-state index in [0.717, 1.165) is 17.7 Å². The first-order valence-corrected chi connectivity index (χ1v) is 10.9. The van der Waals surface area contributed by atoms with Crippen LogP contribution in [0.15, 0.2) is 70.7 Å². The van der Waals surface area contributed by atoms with E-state index in [0.29, 0.717) is 17.1 Å². The molecule has 0 aromatic heterocycles. The van der Waals surface area contributed by atoms with Crippen LogP contribution in [-0.4, -0.2) is 26.7 Å². The number of hydrazone groups is 1. The van der Waals surface area contributed by atoms with Crippen molar-refractivity contribution in [1.82, 2.24) is 0 Å². The molecule has 0 amide bonds. The molecule has 0 heterocycles. The van der Waals surface area contributed by atoms with Crippen molar-refractivity contribution in [2.45, 2.75) is 11.5 Å². The monoisotopic (exact) mass is 474 g/mol. The van der Waals surface area contributed by atoms with Crippen LogP contribution in [0.3, 0.4) is 0 Å². The van der Waals surface area contributed by atoms with Gasteiger partial charge in [-0.2, -0.15) is 5.10 Å². The van der Waals surface area contributed by atoms with Gasteiger partial charge in [0.1, 0.15) is 18.1 Å². The van der Waals surface area contributed by atoms with Crippen LogP contribution in [0.5, 0.6) is 11.5 Å². The van der Waals surface area contributed by atoms with Crippen LogP contribution in [0, 0.1) is 15.9 Å². The number of nitrogens with zero attached hydrogens (tertiary/aromatic N) is 2. The van der Waals surface area contributed by atoms with Gasteiger partial charge in [0, 0.05) is 6.07 Å². The van der Waals surface area contributed by atoms with Crippen molar-refractivity contribution in [2.75, 3.05) is 12.5 Å². The fourth-order valence-electron chi connectivity index (χ4n) is 2.74. The minimum absolute atomic E-state index is 0.0186. The lowest BCUT2D eigenvalue weighted by molar-refractivity contribution is -0.384. The number of nitro benzene ring substituents is 1. The van der Waals surface area contributed by atoms with Crippen LogP contribution in [0.25, 0.3) is 0 Å². The molecule has 33 heavy (non-hydrogen) atoms. The number of ether oxygens (including phenoxy) is 2. The fourth-order valence-corrected chi connectivity index (χ4v) is 3.27. The van der Waals surface area contributed by atoms with Gasteiger partial charge in [-0.1, -0.05) is 12.1 Å². The zero-order valence-electron chi connectivity index (χ0n) is 17.3. The number of halogens is 1. The third-order valence-corrected chi connectivity index (χ3v) is 5.30. The summed E-state index contributed by atoms with van der Waals surface area (Å²) in [6.45, 7) is 0.212. The van der Waals surface area contributed by atoms with Crippen LogP contribution in [-0.2, 0) is 16.6 Å². The summed E-state index contributed by atoms with van der Waals surface area (Å²) in [6, 6.07) is 14.1. The highest BCUT2D eigenvalue weighted by Gasteiger charge is 2.18. The van der Waals surface area contributed by atoms with Crippen LogP contribution < -0.4 is 20.0 Å². The molecule has 0 aliphatic rings. The molecular weight excluding hydrogens is 455 g/mol. The van der Waals surface area contributed by atoms with E-state index in [1.54, 1.807) is 30.3 Å². The summed E-state index contributed by atoms with van der Waals surface area (Å²) in [5.41, 5.74) is 3.37. The Kier molecular flexibility index (Phi) is 7.20. The molecule has 10 nitrogen and oxygen atoms in total. The number of primary sulfonamides is 1. The smallest absolute Gasteiger partial charge is 0.295 e. The molecule has 3 aromatic rings. The maximum Gasteiger partial charge on any atom is 0.295 e. The Morgan fingerprint density at radius 2 is 1.85 bits per heavy atom. The quantitative estimate of drug-likeness (QED) is 0.274. The molecule has 3 rings (SSSR count). The molecule has 12 heteroatoms. The number of benzene rings is 3. The van der Waals surface area contributed by atoms with Gasteiger partial charge in [-0.25, -0.2) is 17.9 Å². The predicted octanol–water partition coefficient (Wildman–Crippen LogP) is 3.41. The number of methoxy groups -OCH3 is 1. The SMILES string of the molecule is COc1cc(C=NNc2ccc(S(N)(=O)=O)cc2[N+](=O)[O-])ccc1OCc1ccc(F)cc1. The number of anilines is 1. The minimum atomic E-state index is -4.09. The molecule has 0 aliphatic carbocycles. The number of sulfonamides is 1. The van der Waals surface area contributed by atoms with Crippen molar-refractivity contribution < 1.29 is 27.2 Å². The Morgan fingerprint density at radius 3 is 2.48 bits per heavy atom. The lowest BCUT2D eigenvalue weighted by Gasteiger charge is -2.11. The van der Waals surface area contributed by atoms with Crippen molar-refractivity contribution in [3.63, 3.8) is 0 Å². The lowest BCUT2D eigenvalue weighted by Crippen LogP contribution is -2.12. The fraction of sp³-hybridized carbons (Fsp3) is 0.0952. The molecule has 3 N–H and O–H groups in total. The van der Waals surface area contributed by atoms with Crippen molar-refractivity contribution >= 4 is 27.6 Å². The normalized spacial score (nSPS) is 11.4. The van der Waals surface area contributed by atoms with Crippen molar-refractivity contribution in [1.29, 1.82) is 0 Å². The zero-order chi connectivity index (χ0) is 24.0. The largest absolute Gasteiger partial charge is 0.493 e. The molecule has 0 unspecified atom stereocenters. The second-order valence-electron chi connectivity index (χ2n) is 6.68. The van der Waals surface area contributed by atoms with E-state index in [4.69, 9.17) is 14.6 Å². The topological polar surface area (TPSA) is 146 Å². The summed E-state index contributed by atoms with van der Waals surface area (Å²) in [5, 5.41) is 20.2. The first-order chi connectivity index (χ1) is 15.7. The predicted molar refractivity (Wildman–Crippen MR) is 119 cm³/mol. The van der Waals surface area contributed by atoms with Gasteiger partial charge >= 0.3 is 0 Å². The molecule has 0 saturated heterocycles. The van der Waals surface area contributed by atoms with Crippen LogP contribution in [0.4, 0.5) is 15.8 Å². The average molecular weight is 474 g/mol. The van der Waals surface area contributed by atoms with Gasteiger partial charge < -0.3 is 9.47 Å². The average Bonchev–Trinajstić information content (AvgIpc) is 2.78. The Balaban J connectivity index is 1.72. The van der Waals surface area contributed by atoms with E-state index in [9.17, 15) is 22.9 Å². The van der Waals surface area contributed by atoms with Crippen molar-refractivity contribution in [3.8, 4) is 11.5 Å². The summed E-state index contributed by atoms with van der Waals surface area (Å²) in [4.78, 5) is 10.1. The van der Waals surface area contributed by atoms with Gasteiger partial charge in [0.25, 0.3) is 5.69 Å². The maximum atomic E-state index is 13.0. The van der Waals surface area contributed by atoms with E-state index in [-0.39, 0.29) is 23.0 Å². The van der Waals surface area contributed by atoms with Crippen molar-refractivity contribution in [3.05, 3.63) is 87.7 Å². The summed E-state index contributed by atoms with van der Waals surface area (Å²) >= 11 is 0. The first-order valence-electron chi connectivity index (χ1n) is 9.33. The highest BCUT2D eigenvalue weighted by molar-refractivity contribution is 7.89. The number of nitrogens with one attached hydrogen (secondary N) is 1. The Hall–Kier alpha value is -4.03. The standard InChI is InChI=1S/C21H19FN4O6S/c1-31-21-10-15(4-9-20(21)32-13-14-2-5-16(22)6-3-14)12-24-25-18-8-7-17(33(23,29)30)11-19(18)26(27)28/h2-12,25H,13H2,1H3,(H2,23,29,30). The number of hydrogen-bond donors (Lipinski definition) is 2. The second-order valence-corrected chi connectivity index (χ2v) is 8.24. The number of nitrogens with two attached hydrogens (primary N) is 1. The number of nitro groups is 1. The van der Waals surface area contributed by atoms with Gasteiger partial charge in [0.2, 0.25) is 10.0 Å². The summed E-state index contributed by atoms with van der Waals surface area (Å²) in [7, 11) is -2.62. The van der Waals surface area contributed by atoms with Crippen LogP contribution in [0.2, 0.25) is 0 Å². The van der Waals surface area contributed by atoms with Crippen LogP contribution >= 0.6 is 0 Å². The van der Waals surface area contributed by atoms with Crippen molar-refractivity contribution in [2.24, 2.45) is 10.2 Å². The van der Waals surface area contributed by atoms with Gasteiger partial charge in [-0.05, 0) is 53.6 Å².